The van der Waals surface area contributed by atoms with Crippen LogP contribution in [0.25, 0.3) is 0 Å². The molecule has 1 aromatic rings. The van der Waals surface area contributed by atoms with Gasteiger partial charge in [0.25, 0.3) is 0 Å². The molecular formula is C10H14N2O2. The van der Waals surface area contributed by atoms with Crippen molar-refractivity contribution in [2.24, 2.45) is 0 Å². The average molecular weight is 194 g/mol. The molecule has 0 bridgehead atoms. The van der Waals surface area contributed by atoms with E-state index in [0.717, 1.165) is 12.0 Å². The summed E-state index contributed by atoms with van der Waals surface area (Å²) in [5.74, 6) is -0.220. The number of carbonyl (C=O) groups is 1. The van der Waals surface area contributed by atoms with E-state index in [0.29, 0.717) is 5.82 Å². The van der Waals surface area contributed by atoms with Crippen LogP contribution in [0.5, 0.6) is 0 Å². The van der Waals surface area contributed by atoms with Crippen LogP contribution in [-0.4, -0.2) is 22.1 Å². The summed E-state index contributed by atoms with van der Waals surface area (Å²) in [5, 5.41) is 11.6. The monoisotopic (exact) mass is 194 g/mol. The molecule has 1 aromatic heterocycles. The number of nitrogens with one attached hydrogen (secondary N) is 1. The summed E-state index contributed by atoms with van der Waals surface area (Å²) in [4.78, 5) is 14.7. The Balaban J connectivity index is 2.80. The minimum atomic E-state index is -0.877. The predicted molar refractivity (Wildman–Crippen MR) is 54.3 cm³/mol. The van der Waals surface area contributed by atoms with Gasteiger partial charge in [-0.15, -0.1) is 0 Å². The Hall–Kier alpha value is -1.58. The number of aliphatic carboxylic acids is 1. The zero-order valence-corrected chi connectivity index (χ0v) is 8.32. The van der Waals surface area contributed by atoms with Gasteiger partial charge in [0.2, 0.25) is 0 Å². The largest absolute Gasteiger partial charge is 0.480 e. The van der Waals surface area contributed by atoms with Crippen LogP contribution in [0.2, 0.25) is 0 Å². The van der Waals surface area contributed by atoms with E-state index in [2.05, 4.69) is 10.3 Å². The van der Waals surface area contributed by atoms with E-state index in [-0.39, 0.29) is 0 Å². The highest BCUT2D eigenvalue weighted by molar-refractivity contribution is 5.76. The first-order valence-corrected chi connectivity index (χ1v) is 4.58. The Labute approximate surface area is 83.0 Å². The first-order chi connectivity index (χ1) is 6.65. The molecule has 1 heterocycles. The molecule has 1 unspecified atom stereocenters. The molecule has 0 aliphatic heterocycles. The van der Waals surface area contributed by atoms with Crippen LogP contribution in [0.1, 0.15) is 19.4 Å². The molecule has 0 radical (unpaired) electrons. The third-order valence-electron chi connectivity index (χ3n) is 2.00. The molecule has 76 valence electrons. The number of nitrogens with zero attached hydrogens (tertiary/aromatic N) is 1. The van der Waals surface area contributed by atoms with Crippen molar-refractivity contribution >= 4 is 11.8 Å². The summed E-state index contributed by atoms with van der Waals surface area (Å²) in [6.07, 6.45) is 2.48. The maximum Gasteiger partial charge on any atom is 0.325 e. The number of carboxylic acids is 1. The van der Waals surface area contributed by atoms with E-state index in [4.69, 9.17) is 5.11 Å². The van der Waals surface area contributed by atoms with Gasteiger partial charge in [0.05, 0.1) is 0 Å². The molecule has 0 amide bonds. The van der Waals surface area contributed by atoms with Crippen LogP contribution < -0.4 is 5.32 Å². The number of carboxylic acid groups (broad SMARTS) is 1. The summed E-state index contributed by atoms with van der Waals surface area (Å²) < 4.78 is 0. The van der Waals surface area contributed by atoms with Crippen LogP contribution in [0.15, 0.2) is 18.3 Å². The lowest BCUT2D eigenvalue weighted by Crippen LogP contribution is -2.26. The molecule has 0 saturated carbocycles. The fourth-order valence-corrected chi connectivity index (χ4v) is 1.12. The van der Waals surface area contributed by atoms with Crippen molar-refractivity contribution in [2.45, 2.75) is 26.3 Å². The third kappa shape index (κ3) is 2.45. The van der Waals surface area contributed by atoms with E-state index in [9.17, 15) is 4.79 Å². The molecule has 0 aliphatic carbocycles. The second-order valence-corrected chi connectivity index (χ2v) is 3.07. The first-order valence-electron chi connectivity index (χ1n) is 4.58. The Bertz CT molecular complexity index is 326. The summed E-state index contributed by atoms with van der Waals surface area (Å²) in [5.41, 5.74) is 1.03. The summed E-state index contributed by atoms with van der Waals surface area (Å²) in [7, 11) is 0. The van der Waals surface area contributed by atoms with Crippen LogP contribution in [0.3, 0.4) is 0 Å². The number of aromatic nitrogens is 1. The minimum Gasteiger partial charge on any atom is -0.480 e. The van der Waals surface area contributed by atoms with Crippen molar-refractivity contribution in [3.63, 3.8) is 0 Å². The van der Waals surface area contributed by atoms with Crippen molar-refractivity contribution in [3.8, 4) is 0 Å². The van der Waals surface area contributed by atoms with Gasteiger partial charge in [0.1, 0.15) is 11.9 Å². The number of rotatable bonds is 4. The molecule has 1 atom stereocenters. The zero-order chi connectivity index (χ0) is 10.6. The SMILES string of the molecule is CCc1cccnc1NC(C)C(=O)O. The molecule has 14 heavy (non-hydrogen) atoms. The van der Waals surface area contributed by atoms with Crippen LogP contribution in [0, 0.1) is 0 Å². The lowest BCUT2D eigenvalue weighted by Gasteiger charge is -2.12. The third-order valence-corrected chi connectivity index (χ3v) is 2.00. The van der Waals surface area contributed by atoms with E-state index in [1.807, 2.05) is 19.1 Å². The Kier molecular flexibility index (Phi) is 3.45. The maximum absolute atomic E-state index is 10.6. The van der Waals surface area contributed by atoms with Gasteiger partial charge < -0.3 is 10.4 Å². The second-order valence-electron chi connectivity index (χ2n) is 3.07. The number of pyridine rings is 1. The fourth-order valence-electron chi connectivity index (χ4n) is 1.12. The normalized spacial score (nSPS) is 12.1. The highest BCUT2D eigenvalue weighted by atomic mass is 16.4. The Morgan fingerprint density at radius 1 is 1.71 bits per heavy atom. The van der Waals surface area contributed by atoms with Crippen molar-refractivity contribution in [2.75, 3.05) is 5.32 Å². The highest BCUT2D eigenvalue weighted by Crippen LogP contribution is 2.12. The lowest BCUT2D eigenvalue weighted by molar-refractivity contribution is -0.137. The molecule has 2 N–H and O–H groups in total. The maximum atomic E-state index is 10.6. The van der Waals surface area contributed by atoms with Crippen LogP contribution in [0.4, 0.5) is 5.82 Å². The summed E-state index contributed by atoms with van der Waals surface area (Å²) >= 11 is 0. The summed E-state index contributed by atoms with van der Waals surface area (Å²) in [6.45, 7) is 3.60. The lowest BCUT2D eigenvalue weighted by atomic mass is 10.2. The molecule has 0 fully saturated rings. The fraction of sp³-hybridized carbons (Fsp3) is 0.400. The second kappa shape index (κ2) is 4.60. The predicted octanol–water partition coefficient (Wildman–Crippen LogP) is 1.53. The van der Waals surface area contributed by atoms with E-state index in [1.54, 1.807) is 13.1 Å². The van der Waals surface area contributed by atoms with Crippen molar-refractivity contribution in [3.05, 3.63) is 23.9 Å². The standard InChI is InChI=1S/C10H14N2O2/c1-3-8-5-4-6-11-9(8)12-7(2)10(13)14/h4-7H,3H2,1-2H3,(H,11,12)(H,13,14). The van der Waals surface area contributed by atoms with Gasteiger partial charge in [-0.25, -0.2) is 4.98 Å². The Morgan fingerprint density at radius 3 is 3.00 bits per heavy atom. The number of hydrogen-bond acceptors (Lipinski definition) is 3. The highest BCUT2D eigenvalue weighted by Gasteiger charge is 2.12. The van der Waals surface area contributed by atoms with Crippen LogP contribution >= 0.6 is 0 Å². The van der Waals surface area contributed by atoms with Gasteiger partial charge in [-0.05, 0) is 25.0 Å². The van der Waals surface area contributed by atoms with Gasteiger partial charge in [-0.1, -0.05) is 13.0 Å². The van der Waals surface area contributed by atoms with Gasteiger partial charge >= 0.3 is 5.97 Å². The molecule has 4 nitrogen and oxygen atoms in total. The average Bonchev–Trinajstić information content (AvgIpc) is 2.18. The molecule has 0 aliphatic rings. The molecular weight excluding hydrogens is 180 g/mol. The van der Waals surface area contributed by atoms with Crippen molar-refractivity contribution < 1.29 is 9.90 Å². The first kappa shape index (κ1) is 10.5. The van der Waals surface area contributed by atoms with E-state index >= 15 is 0 Å². The van der Waals surface area contributed by atoms with E-state index in [1.165, 1.54) is 0 Å². The zero-order valence-electron chi connectivity index (χ0n) is 8.32. The van der Waals surface area contributed by atoms with Gasteiger partial charge in [-0.3, -0.25) is 4.79 Å². The smallest absolute Gasteiger partial charge is 0.325 e. The number of anilines is 1. The number of aryl methyl sites for hydroxylation is 1. The van der Waals surface area contributed by atoms with Gasteiger partial charge in [0, 0.05) is 6.20 Å². The summed E-state index contributed by atoms with van der Waals surface area (Å²) in [6, 6.07) is 3.16. The molecule has 0 aromatic carbocycles. The molecule has 1 rings (SSSR count). The molecule has 4 heteroatoms. The van der Waals surface area contributed by atoms with Gasteiger partial charge in [0.15, 0.2) is 0 Å². The molecule has 0 spiro atoms. The van der Waals surface area contributed by atoms with Crippen molar-refractivity contribution in [1.29, 1.82) is 0 Å². The van der Waals surface area contributed by atoms with E-state index < -0.39 is 12.0 Å². The minimum absolute atomic E-state index is 0.616. The van der Waals surface area contributed by atoms with Gasteiger partial charge in [-0.2, -0.15) is 0 Å². The topological polar surface area (TPSA) is 62.2 Å². The molecule has 0 saturated heterocycles. The van der Waals surface area contributed by atoms with Crippen molar-refractivity contribution in [1.82, 2.24) is 4.98 Å². The van der Waals surface area contributed by atoms with Crippen LogP contribution in [-0.2, 0) is 11.2 Å². The Morgan fingerprint density at radius 2 is 2.43 bits per heavy atom. The quantitative estimate of drug-likeness (QED) is 0.763. The number of hydrogen-bond donors (Lipinski definition) is 2.